The van der Waals surface area contributed by atoms with Gasteiger partial charge in [0.2, 0.25) is 0 Å². The summed E-state index contributed by atoms with van der Waals surface area (Å²) in [5, 5.41) is 0.328. The van der Waals surface area contributed by atoms with Crippen LogP contribution < -0.4 is 0 Å². The molecular weight excluding hydrogens is 296 g/mol. The van der Waals surface area contributed by atoms with Crippen LogP contribution in [-0.2, 0) is 9.53 Å². The quantitative estimate of drug-likeness (QED) is 0.574. The lowest BCUT2D eigenvalue weighted by atomic mass is 10.2. The van der Waals surface area contributed by atoms with Gasteiger partial charge in [0.1, 0.15) is 0 Å². The van der Waals surface area contributed by atoms with E-state index in [1.807, 2.05) is 20.1 Å². The Labute approximate surface area is 141 Å². The molecule has 0 radical (unpaired) electrons. The lowest BCUT2D eigenvalue weighted by Crippen LogP contribution is -2.46. The summed E-state index contributed by atoms with van der Waals surface area (Å²) in [7, 11) is 1.77. The summed E-state index contributed by atoms with van der Waals surface area (Å²) in [5.74, 6) is 0. The van der Waals surface area contributed by atoms with Gasteiger partial charge in [0, 0.05) is 52.9 Å². The third-order valence-corrected chi connectivity index (χ3v) is 4.53. The number of nitrogens with zero attached hydrogens (tertiary/aromatic N) is 2. The van der Waals surface area contributed by atoms with Crippen molar-refractivity contribution in [3.05, 3.63) is 0 Å². The fraction of sp³-hybridized carbons (Fsp3) is 0.941. The SMILES string of the molecule is CC.COCCCN1CCN(CCCCCC(=O)SC)CC1. The van der Waals surface area contributed by atoms with Crippen LogP contribution in [0, 0.1) is 0 Å². The summed E-state index contributed by atoms with van der Waals surface area (Å²) in [6.07, 6.45) is 7.21. The Hall–Kier alpha value is -0.100. The Kier molecular flexibility index (Phi) is 15.7. The molecule has 0 saturated carbocycles. The lowest BCUT2D eigenvalue weighted by molar-refractivity contribution is -0.111. The zero-order chi connectivity index (χ0) is 16.6. The number of rotatable bonds is 10. The molecule has 1 aliphatic rings. The van der Waals surface area contributed by atoms with Crippen LogP contribution in [0.15, 0.2) is 0 Å². The Balaban J connectivity index is 0.00000211. The van der Waals surface area contributed by atoms with Crippen LogP contribution in [0.1, 0.15) is 46.0 Å². The van der Waals surface area contributed by atoms with E-state index in [1.165, 1.54) is 63.9 Å². The van der Waals surface area contributed by atoms with Crippen molar-refractivity contribution < 1.29 is 9.53 Å². The highest BCUT2D eigenvalue weighted by atomic mass is 32.2. The standard InChI is InChI=1S/C15H30N2O2S.C2H6/c1-19-14-6-9-17-12-10-16(11-13-17)8-5-3-4-7-15(18)20-2;1-2/h3-14H2,1-2H3;1-2H3. The van der Waals surface area contributed by atoms with E-state index in [0.29, 0.717) is 5.12 Å². The first-order chi connectivity index (χ1) is 10.8. The number of carbonyl (C=O) groups is 1. The monoisotopic (exact) mass is 332 g/mol. The third kappa shape index (κ3) is 11.5. The number of carbonyl (C=O) groups excluding carboxylic acids is 1. The molecule has 0 amide bonds. The van der Waals surface area contributed by atoms with E-state index in [-0.39, 0.29) is 0 Å². The van der Waals surface area contributed by atoms with Gasteiger partial charge in [0.25, 0.3) is 0 Å². The molecule has 0 aromatic rings. The molecule has 1 heterocycles. The highest BCUT2D eigenvalue weighted by Gasteiger charge is 2.15. The Morgan fingerprint density at radius 3 is 2.00 bits per heavy atom. The summed E-state index contributed by atoms with van der Waals surface area (Å²) >= 11 is 1.36. The van der Waals surface area contributed by atoms with Crippen molar-refractivity contribution in [3.8, 4) is 0 Å². The maximum atomic E-state index is 11.2. The Bertz CT molecular complexity index is 257. The third-order valence-electron chi connectivity index (χ3n) is 3.87. The van der Waals surface area contributed by atoms with E-state index in [2.05, 4.69) is 9.80 Å². The van der Waals surface area contributed by atoms with Crippen LogP contribution in [-0.4, -0.2) is 74.2 Å². The van der Waals surface area contributed by atoms with E-state index >= 15 is 0 Å². The first kappa shape index (κ1) is 21.9. The second-order valence-electron chi connectivity index (χ2n) is 5.42. The molecular formula is C17H36N2O2S. The van der Waals surface area contributed by atoms with Crippen molar-refractivity contribution >= 4 is 16.9 Å². The molecule has 22 heavy (non-hydrogen) atoms. The molecule has 4 nitrogen and oxygen atoms in total. The molecule has 0 aromatic heterocycles. The fourth-order valence-electron chi connectivity index (χ4n) is 2.55. The van der Waals surface area contributed by atoms with Crippen LogP contribution in [0.4, 0.5) is 0 Å². The average Bonchev–Trinajstić information content (AvgIpc) is 2.57. The Morgan fingerprint density at radius 1 is 0.955 bits per heavy atom. The van der Waals surface area contributed by atoms with E-state index in [4.69, 9.17) is 4.74 Å². The highest BCUT2D eigenvalue weighted by Crippen LogP contribution is 2.09. The second kappa shape index (κ2) is 15.8. The van der Waals surface area contributed by atoms with Crippen molar-refractivity contribution in [3.63, 3.8) is 0 Å². The van der Waals surface area contributed by atoms with Gasteiger partial charge in [0.05, 0.1) is 0 Å². The van der Waals surface area contributed by atoms with Crippen LogP contribution in [0.3, 0.4) is 0 Å². The van der Waals surface area contributed by atoms with E-state index < -0.39 is 0 Å². The first-order valence-corrected chi connectivity index (χ1v) is 9.99. The molecule has 1 saturated heterocycles. The van der Waals surface area contributed by atoms with Crippen molar-refractivity contribution in [2.45, 2.75) is 46.0 Å². The van der Waals surface area contributed by atoms with E-state index in [9.17, 15) is 4.79 Å². The molecule has 0 spiro atoms. The minimum Gasteiger partial charge on any atom is -0.385 e. The van der Waals surface area contributed by atoms with Gasteiger partial charge in [0.15, 0.2) is 5.12 Å². The number of unbranched alkanes of at least 4 members (excludes halogenated alkanes) is 2. The van der Waals surface area contributed by atoms with Crippen molar-refractivity contribution in [2.24, 2.45) is 0 Å². The summed E-state index contributed by atoms with van der Waals surface area (Å²) in [4.78, 5) is 16.3. The molecule has 5 heteroatoms. The second-order valence-corrected chi connectivity index (χ2v) is 6.28. The predicted molar refractivity (Wildman–Crippen MR) is 97.7 cm³/mol. The van der Waals surface area contributed by atoms with Crippen LogP contribution >= 0.6 is 11.8 Å². The number of methoxy groups -OCH3 is 1. The molecule has 132 valence electrons. The maximum Gasteiger partial charge on any atom is 0.188 e. The summed E-state index contributed by atoms with van der Waals surface area (Å²) in [6.45, 7) is 12.0. The molecule has 1 aliphatic heterocycles. The van der Waals surface area contributed by atoms with Crippen LogP contribution in [0.2, 0.25) is 0 Å². The minimum atomic E-state index is 0.328. The summed E-state index contributed by atoms with van der Waals surface area (Å²) in [5.41, 5.74) is 0. The van der Waals surface area contributed by atoms with Gasteiger partial charge in [-0.3, -0.25) is 4.79 Å². The predicted octanol–water partition coefficient (Wildman–Crippen LogP) is 3.12. The number of piperazine rings is 1. The fourth-order valence-corrected chi connectivity index (χ4v) is 2.90. The van der Waals surface area contributed by atoms with Crippen molar-refractivity contribution in [1.29, 1.82) is 0 Å². The van der Waals surface area contributed by atoms with Gasteiger partial charge >= 0.3 is 0 Å². The van der Waals surface area contributed by atoms with Crippen molar-refractivity contribution in [2.75, 3.05) is 59.2 Å². The smallest absolute Gasteiger partial charge is 0.188 e. The molecule has 0 aliphatic carbocycles. The molecule has 0 bridgehead atoms. The van der Waals surface area contributed by atoms with Crippen LogP contribution in [0.5, 0.6) is 0 Å². The lowest BCUT2D eigenvalue weighted by Gasteiger charge is -2.34. The average molecular weight is 333 g/mol. The van der Waals surface area contributed by atoms with Gasteiger partial charge in [-0.15, -0.1) is 0 Å². The highest BCUT2D eigenvalue weighted by molar-refractivity contribution is 8.13. The molecule has 1 rings (SSSR count). The molecule has 1 fully saturated rings. The zero-order valence-electron chi connectivity index (χ0n) is 15.1. The van der Waals surface area contributed by atoms with Crippen molar-refractivity contribution in [1.82, 2.24) is 9.80 Å². The van der Waals surface area contributed by atoms with Gasteiger partial charge in [-0.05, 0) is 32.1 Å². The molecule has 0 unspecified atom stereocenters. The summed E-state index contributed by atoms with van der Waals surface area (Å²) in [6, 6.07) is 0. The van der Waals surface area contributed by atoms with Gasteiger partial charge in [-0.25, -0.2) is 0 Å². The topological polar surface area (TPSA) is 32.8 Å². The summed E-state index contributed by atoms with van der Waals surface area (Å²) < 4.78 is 5.09. The largest absolute Gasteiger partial charge is 0.385 e. The van der Waals surface area contributed by atoms with E-state index in [1.54, 1.807) is 7.11 Å². The van der Waals surface area contributed by atoms with E-state index in [0.717, 1.165) is 25.9 Å². The molecule has 0 N–H and O–H groups in total. The van der Waals surface area contributed by atoms with Gasteiger partial charge in [-0.2, -0.15) is 0 Å². The zero-order valence-corrected chi connectivity index (χ0v) is 15.9. The molecule has 0 atom stereocenters. The Morgan fingerprint density at radius 2 is 1.50 bits per heavy atom. The number of hydrogen-bond acceptors (Lipinski definition) is 5. The maximum absolute atomic E-state index is 11.2. The number of thioether (sulfide) groups is 1. The van der Waals surface area contributed by atoms with Crippen LogP contribution in [0.25, 0.3) is 0 Å². The first-order valence-electron chi connectivity index (χ1n) is 8.76. The normalized spacial score (nSPS) is 16.2. The van der Waals surface area contributed by atoms with Gasteiger partial charge < -0.3 is 14.5 Å². The number of hydrogen-bond donors (Lipinski definition) is 0. The minimum absolute atomic E-state index is 0.328. The van der Waals surface area contributed by atoms with Gasteiger partial charge in [-0.1, -0.05) is 32.0 Å². The molecule has 0 aromatic carbocycles. The number of ether oxygens (including phenoxy) is 1.